The molecule has 0 aromatic heterocycles. The van der Waals surface area contributed by atoms with Gasteiger partial charge in [0.05, 0.1) is 11.1 Å². The summed E-state index contributed by atoms with van der Waals surface area (Å²) in [6.07, 6.45) is 4.18. The number of benzene rings is 3. The fraction of sp³-hybridized carbons (Fsp3) is 0.214. The molecule has 0 aliphatic rings. The number of rotatable bonds is 4. The molecule has 3 aromatic carbocycles. The maximum atomic E-state index is 14.4. The molecule has 0 heterocycles. The third-order valence-electron chi connectivity index (χ3n) is 4.72. The molecule has 3 aromatic rings. The van der Waals surface area contributed by atoms with Crippen molar-refractivity contribution in [3.8, 4) is 23.7 Å². The van der Waals surface area contributed by atoms with Gasteiger partial charge in [-0.1, -0.05) is 74.6 Å². The van der Waals surface area contributed by atoms with Gasteiger partial charge in [-0.3, -0.25) is 0 Å². The summed E-state index contributed by atoms with van der Waals surface area (Å²) >= 11 is 0. The van der Waals surface area contributed by atoms with Crippen molar-refractivity contribution in [1.29, 1.82) is 0 Å². The monoisotopic (exact) mass is 398 g/mol. The summed E-state index contributed by atoms with van der Waals surface area (Å²) in [6.45, 7) is 4.25. The van der Waals surface area contributed by atoms with Gasteiger partial charge in [0.1, 0.15) is 11.6 Å². The van der Waals surface area contributed by atoms with E-state index in [0.717, 1.165) is 48.9 Å². The Morgan fingerprint density at radius 3 is 1.27 bits per heavy atom. The van der Waals surface area contributed by atoms with Gasteiger partial charge in [-0.05, 0) is 60.4 Å². The van der Waals surface area contributed by atoms with Crippen LogP contribution in [0.5, 0.6) is 0 Å². The van der Waals surface area contributed by atoms with E-state index in [0.29, 0.717) is 0 Å². The van der Waals surface area contributed by atoms with E-state index in [4.69, 9.17) is 0 Å². The number of halogens is 2. The molecule has 0 fully saturated rings. The van der Waals surface area contributed by atoms with Gasteiger partial charge in [-0.2, -0.15) is 0 Å². The van der Waals surface area contributed by atoms with Gasteiger partial charge < -0.3 is 0 Å². The van der Waals surface area contributed by atoms with Crippen LogP contribution in [0.25, 0.3) is 0 Å². The highest BCUT2D eigenvalue weighted by molar-refractivity contribution is 5.49. The number of hydrogen-bond donors (Lipinski definition) is 0. The molecule has 0 atom stereocenters. The molecule has 0 aliphatic carbocycles. The fourth-order valence-corrected chi connectivity index (χ4v) is 3.10. The lowest BCUT2D eigenvalue weighted by Crippen LogP contribution is -1.92. The summed E-state index contributed by atoms with van der Waals surface area (Å²) in [5.74, 6) is 10.1. The first-order valence-electron chi connectivity index (χ1n) is 10.3. The first kappa shape index (κ1) is 21.4. The zero-order valence-corrected chi connectivity index (χ0v) is 17.4. The Morgan fingerprint density at radius 1 is 0.567 bits per heavy atom. The van der Waals surface area contributed by atoms with Crippen molar-refractivity contribution in [3.63, 3.8) is 0 Å². The molecule has 0 bridgehead atoms. The number of hydrogen-bond acceptors (Lipinski definition) is 0. The Morgan fingerprint density at radius 2 is 0.933 bits per heavy atom. The Balaban J connectivity index is 1.78. The lowest BCUT2D eigenvalue weighted by Gasteiger charge is -2.00. The standard InChI is InChI=1S/C28H24F2/c1-3-5-21-7-11-23(12-8-21)15-17-25-19-28(30)26(20-27(25)29)18-16-24-13-9-22(6-4-2)10-14-24/h7-14,19-20H,3-6H2,1-2H3. The molecule has 0 saturated heterocycles. The predicted octanol–water partition coefficient (Wildman–Crippen LogP) is 6.67. The molecule has 150 valence electrons. The molecule has 3 rings (SSSR count). The molecule has 30 heavy (non-hydrogen) atoms. The van der Waals surface area contributed by atoms with E-state index in [1.54, 1.807) is 0 Å². The van der Waals surface area contributed by atoms with E-state index in [1.165, 1.54) is 11.1 Å². The van der Waals surface area contributed by atoms with Crippen LogP contribution in [-0.2, 0) is 12.8 Å². The average molecular weight is 398 g/mol. The van der Waals surface area contributed by atoms with Crippen LogP contribution < -0.4 is 0 Å². The number of aryl methyl sites for hydroxylation is 2. The van der Waals surface area contributed by atoms with E-state index in [2.05, 4.69) is 37.5 Å². The lowest BCUT2D eigenvalue weighted by atomic mass is 10.1. The average Bonchev–Trinajstić information content (AvgIpc) is 2.75. The summed E-state index contributed by atoms with van der Waals surface area (Å²) in [5.41, 5.74) is 4.07. The van der Waals surface area contributed by atoms with Gasteiger partial charge >= 0.3 is 0 Å². The molecule has 0 radical (unpaired) electrons. The van der Waals surface area contributed by atoms with E-state index < -0.39 is 11.6 Å². The van der Waals surface area contributed by atoms with Gasteiger partial charge in [0.2, 0.25) is 0 Å². The van der Waals surface area contributed by atoms with Gasteiger partial charge in [0.15, 0.2) is 0 Å². The third kappa shape index (κ3) is 5.82. The predicted molar refractivity (Wildman–Crippen MR) is 119 cm³/mol. The fourth-order valence-electron chi connectivity index (χ4n) is 3.10. The van der Waals surface area contributed by atoms with Crippen molar-refractivity contribution in [2.75, 3.05) is 0 Å². The largest absolute Gasteiger partial charge is 0.206 e. The second kappa shape index (κ2) is 10.4. The van der Waals surface area contributed by atoms with Crippen molar-refractivity contribution >= 4 is 0 Å². The first-order valence-corrected chi connectivity index (χ1v) is 10.3. The van der Waals surface area contributed by atoms with Crippen LogP contribution in [0.1, 0.15) is 60.1 Å². The van der Waals surface area contributed by atoms with Gasteiger partial charge in [0, 0.05) is 11.1 Å². The molecule has 0 spiro atoms. The minimum atomic E-state index is -0.575. The van der Waals surface area contributed by atoms with Crippen LogP contribution in [0.15, 0.2) is 60.7 Å². The third-order valence-corrected chi connectivity index (χ3v) is 4.72. The normalized spacial score (nSPS) is 10.0. The molecule has 0 nitrogen and oxygen atoms in total. The van der Waals surface area contributed by atoms with Crippen LogP contribution in [-0.4, -0.2) is 0 Å². The summed E-state index contributed by atoms with van der Waals surface area (Å²) < 4.78 is 28.8. The highest BCUT2D eigenvalue weighted by atomic mass is 19.1. The van der Waals surface area contributed by atoms with Crippen molar-refractivity contribution in [2.24, 2.45) is 0 Å². The summed E-state index contributed by atoms with van der Waals surface area (Å²) in [7, 11) is 0. The Hall–Kier alpha value is -3.36. The topological polar surface area (TPSA) is 0 Å². The highest BCUT2D eigenvalue weighted by Gasteiger charge is 2.07. The van der Waals surface area contributed by atoms with Crippen LogP contribution in [0, 0.1) is 35.3 Å². The first-order chi connectivity index (χ1) is 14.6. The van der Waals surface area contributed by atoms with Gasteiger partial charge in [-0.15, -0.1) is 0 Å². The highest BCUT2D eigenvalue weighted by Crippen LogP contribution is 2.15. The Labute approximate surface area is 178 Å². The minimum Gasteiger partial charge on any atom is -0.206 e. The van der Waals surface area contributed by atoms with Crippen LogP contribution in [0.3, 0.4) is 0 Å². The molecule has 0 saturated carbocycles. The molecular formula is C28H24F2. The molecule has 0 N–H and O–H groups in total. The van der Waals surface area contributed by atoms with Crippen LogP contribution in [0.2, 0.25) is 0 Å². The molecule has 0 unspecified atom stereocenters. The Bertz CT molecular complexity index is 1020. The van der Waals surface area contributed by atoms with E-state index in [1.807, 2.05) is 48.5 Å². The van der Waals surface area contributed by atoms with E-state index in [9.17, 15) is 8.78 Å². The second-order valence-corrected chi connectivity index (χ2v) is 7.21. The maximum Gasteiger partial charge on any atom is 0.140 e. The van der Waals surface area contributed by atoms with Crippen LogP contribution in [0.4, 0.5) is 8.78 Å². The minimum absolute atomic E-state index is 0.0274. The van der Waals surface area contributed by atoms with Crippen molar-refractivity contribution < 1.29 is 8.78 Å². The summed E-state index contributed by atoms with van der Waals surface area (Å²) in [6, 6.07) is 17.9. The zero-order valence-electron chi connectivity index (χ0n) is 17.4. The smallest absolute Gasteiger partial charge is 0.140 e. The van der Waals surface area contributed by atoms with E-state index >= 15 is 0 Å². The van der Waals surface area contributed by atoms with E-state index in [-0.39, 0.29) is 11.1 Å². The molecular weight excluding hydrogens is 374 g/mol. The molecule has 2 heteroatoms. The van der Waals surface area contributed by atoms with Crippen LogP contribution >= 0.6 is 0 Å². The van der Waals surface area contributed by atoms with Crippen molar-refractivity contribution in [1.82, 2.24) is 0 Å². The maximum absolute atomic E-state index is 14.4. The van der Waals surface area contributed by atoms with Crippen molar-refractivity contribution in [2.45, 2.75) is 39.5 Å². The van der Waals surface area contributed by atoms with Gasteiger partial charge in [-0.25, -0.2) is 8.78 Å². The summed E-state index contributed by atoms with van der Waals surface area (Å²) in [4.78, 5) is 0. The molecule has 0 aliphatic heterocycles. The van der Waals surface area contributed by atoms with Crippen molar-refractivity contribution in [3.05, 3.63) is 106 Å². The zero-order chi connectivity index (χ0) is 21.3. The molecule has 0 amide bonds. The quantitative estimate of drug-likeness (QED) is 0.431. The SMILES string of the molecule is CCCc1ccc(C#Cc2cc(F)c(C#Cc3ccc(CCC)cc3)cc2F)cc1. The lowest BCUT2D eigenvalue weighted by molar-refractivity contribution is 0.594. The summed E-state index contributed by atoms with van der Waals surface area (Å²) in [5, 5.41) is 0. The van der Waals surface area contributed by atoms with Gasteiger partial charge in [0.25, 0.3) is 0 Å². The second-order valence-electron chi connectivity index (χ2n) is 7.21. The Kier molecular flexibility index (Phi) is 7.42.